The number of ether oxygens (including phenoxy) is 1. The number of amides is 2. The third-order valence-corrected chi connectivity index (χ3v) is 5.30. The number of carbonyl (C=O) groups excluding carboxylic acids is 2. The maximum atomic E-state index is 13.0. The van der Waals surface area contributed by atoms with Crippen molar-refractivity contribution in [3.05, 3.63) is 64.7 Å². The molecule has 2 aromatic rings. The average molecular weight is 404 g/mol. The summed E-state index contributed by atoms with van der Waals surface area (Å²) in [6.07, 6.45) is -4.33. The summed E-state index contributed by atoms with van der Waals surface area (Å²) in [4.78, 5) is 28.5. The quantitative estimate of drug-likeness (QED) is 0.709. The van der Waals surface area contributed by atoms with Crippen LogP contribution in [0.4, 0.5) is 23.7 Å². The molecule has 2 amide bonds. The van der Waals surface area contributed by atoms with Crippen LogP contribution in [0.5, 0.6) is 0 Å². The Kier molecular flexibility index (Phi) is 4.72. The Morgan fingerprint density at radius 3 is 2.55 bits per heavy atom. The van der Waals surface area contributed by atoms with Crippen LogP contribution in [-0.2, 0) is 17.5 Å². The molecule has 0 bridgehead atoms. The van der Waals surface area contributed by atoms with Gasteiger partial charge in [0.15, 0.2) is 0 Å². The number of rotatable bonds is 1. The maximum Gasteiger partial charge on any atom is 0.416 e. The highest BCUT2D eigenvalue weighted by Crippen LogP contribution is 2.33. The molecule has 4 rings (SSSR count). The summed E-state index contributed by atoms with van der Waals surface area (Å²) in [7, 11) is 0. The van der Waals surface area contributed by atoms with Gasteiger partial charge in [0, 0.05) is 18.7 Å². The van der Waals surface area contributed by atoms with Crippen molar-refractivity contribution < 1.29 is 27.5 Å². The topological polar surface area (TPSA) is 49.9 Å². The first-order valence-electron chi connectivity index (χ1n) is 9.26. The normalized spacial score (nSPS) is 19.2. The number of fused-ring (bicyclic) bond motifs is 3. The van der Waals surface area contributed by atoms with E-state index in [1.165, 1.54) is 12.1 Å². The van der Waals surface area contributed by atoms with Gasteiger partial charge in [-0.3, -0.25) is 9.69 Å². The van der Waals surface area contributed by atoms with E-state index in [1.54, 1.807) is 9.80 Å². The Bertz CT molecular complexity index is 957. The van der Waals surface area contributed by atoms with Crippen molar-refractivity contribution >= 4 is 17.7 Å². The Hall–Kier alpha value is -3.03. The van der Waals surface area contributed by atoms with Crippen molar-refractivity contribution in [1.82, 2.24) is 4.90 Å². The lowest BCUT2D eigenvalue weighted by molar-refractivity contribution is -0.137. The summed E-state index contributed by atoms with van der Waals surface area (Å²) in [6.45, 7) is 2.78. The van der Waals surface area contributed by atoms with Crippen LogP contribution in [0, 0.1) is 6.92 Å². The van der Waals surface area contributed by atoms with Gasteiger partial charge in [-0.05, 0) is 54.8 Å². The van der Waals surface area contributed by atoms with E-state index in [4.69, 9.17) is 4.74 Å². The van der Waals surface area contributed by atoms with Gasteiger partial charge in [0.05, 0.1) is 17.3 Å². The van der Waals surface area contributed by atoms with Crippen molar-refractivity contribution in [2.24, 2.45) is 0 Å². The monoisotopic (exact) mass is 404 g/mol. The van der Waals surface area contributed by atoms with Crippen molar-refractivity contribution in [3.63, 3.8) is 0 Å². The Labute approximate surface area is 165 Å². The summed E-state index contributed by atoms with van der Waals surface area (Å²) in [5, 5.41) is 0. The van der Waals surface area contributed by atoms with Crippen molar-refractivity contribution in [2.75, 3.05) is 18.1 Å². The molecule has 2 heterocycles. The molecular formula is C21H19F3N2O3. The second kappa shape index (κ2) is 7.09. The Morgan fingerprint density at radius 2 is 1.86 bits per heavy atom. The zero-order valence-electron chi connectivity index (χ0n) is 15.7. The average Bonchev–Trinajstić information content (AvgIpc) is 3.03. The molecule has 5 nitrogen and oxygen atoms in total. The number of cyclic esters (lactones) is 1. The molecule has 0 saturated carbocycles. The van der Waals surface area contributed by atoms with Gasteiger partial charge in [-0.25, -0.2) is 4.79 Å². The standard InChI is InChI=1S/C21H19F3N2O3/c1-13-2-3-15-11-25(9-8-17-12-29-20(28)26(17)18(15)10-13)19(27)14-4-6-16(7-5-14)21(22,23)24/h2-7,10,17H,8-9,11-12H2,1H3/t17-/m0/s1. The maximum absolute atomic E-state index is 13.0. The van der Waals surface area contributed by atoms with E-state index >= 15 is 0 Å². The van der Waals surface area contributed by atoms with Crippen LogP contribution >= 0.6 is 0 Å². The molecule has 8 heteroatoms. The van der Waals surface area contributed by atoms with Crippen LogP contribution in [0.3, 0.4) is 0 Å². The minimum Gasteiger partial charge on any atom is -0.447 e. The van der Waals surface area contributed by atoms with Gasteiger partial charge in [0.2, 0.25) is 0 Å². The summed E-state index contributed by atoms with van der Waals surface area (Å²) in [5.41, 5.74) is 1.88. The van der Waals surface area contributed by atoms with Gasteiger partial charge >= 0.3 is 12.3 Å². The molecule has 2 aliphatic rings. The van der Waals surface area contributed by atoms with Crippen molar-refractivity contribution in [1.29, 1.82) is 0 Å². The first kappa shape index (κ1) is 19.3. The molecule has 1 fully saturated rings. The molecule has 0 N–H and O–H groups in total. The lowest BCUT2D eigenvalue weighted by Gasteiger charge is -2.32. The predicted octanol–water partition coefficient (Wildman–Crippen LogP) is 4.39. The van der Waals surface area contributed by atoms with Crippen LogP contribution in [0.25, 0.3) is 0 Å². The van der Waals surface area contributed by atoms with Crippen molar-refractivity contribution in [3.8, 4) is 0 Å². The third kappa shape index (κ3) is 3.66. The fourth-order valence-electron chi connectivity index (χ4n) is 3.75. The van der Waals surface area contributed by atoms with Crippen LogP contribution in [0.15, 0.2) is 42.5 Å². The summed E-state index contributed by atoms with van der Waals surface area (Å²) < 4.78 is 43.6. The number of alkyl halides is 3. The number of benzene rings is 2. The van der Waals surface area contributed by atoms with Crippen LogP contribution < -0.4 is 4.90 Å². The van der Waals surface area contributed by atoms with Gasteiger partial charge in [0.25, 0.3) is 5.91 Å². The van der Waals surface area contributed by atoms with E-state index in [0.717, 1.165) is 23.3 Å². The lowest BCUT2D eigenvalue weighted by Crippen LogP contribution is -2.42. The van der Waals surface area contributed by atoms with Crippen molar-refractivity contribution in [2.45, 2.75) is 32.1 Å². The van der Waals surface area contributed by atoms with Crippen LogP contribution in [0.1, 0.15) is 33.5 Å². The van der Waals surface area contributed by atoms with Gasteiger partial charge in [-0.1, -0.05) is 12.1 Å². The number of hydrogen-bond acceptors (Lipinski definition) is 3. The Balaban J connectivity index is 1.65. The smallest absolute Gasteiger partial charge is 0.416 e. The highest BCUT2D eigenvalue weighted by atomic mass is 19.4. The minimum absolute atomic E-state index is 0.189. The molecule has 152 valence electrons. The van der Waals surface area contributed by atoms with Gasteiger partial charge in [0.1, 0.15) is 6.61 Å². The fraction of sp³-hybridized carbons (Fsp3) is 0.333. The van der Waals surface area contributed by atoms with Gasteiger partial charge in [-0.2, -0.15) is 13.2 Å². The first-order chi connectivity index (χ1) is 13.7. The predicted molar refractivity (Wildman–Crippen MR) is 99.6 cm³/mol. The SMILES string of the molecule is Cc1ccc2c(c1)N1C(=O)OC[C@@H]1CCN(C(=O)c1ccc(C(F)(F)F)cc1)C2. The van der Waals surface area contributed by atoms with Gasteiger partial charge < -0.3 is 9.64 Å². The number of anilines is 1. The highest BCUT2D eigenvalue weighted by molar-refractivity contribution is 5.95. The number of hydrogen-bond donors (Lipinski definition) is 0. The molecule has 1 saturated heterocycles. The molecule has 0 radical (unpaired) electrons. The Morgan fingerprint density at radius 1 is 1.14 bits per heavy atom. The second-order valence-electron chi connectivity index (χ2n) is 7.32. The molecule has 1 atom stereocenters. The number of nitrogens with zero attached hydrogens (tertiary/aromatic N) is 2. The summed E-state index contributed by atoms with van der Waals surface area (Å²) in [6, 6.07) is 9.71. The molecule has 0 spiro atoms. The van der Waals surface area contributed by atoms with E-state index in [-0.39, 0.29) is 30.7 Å². The van der Waals surface area contributed by atoms with E-state index in [2.05, 4.69) is 0 Å². The minimum atomic E-state index is -4.45. The molecule has 29 heavy (non-hydrogen) atoms. The lowest BCUT2D eigenvalue weighted by atomic mass is 10.0. The van der Waals surface area contributed by atoms with Crippen LogP contribution in [0.2, 0.25) is 0 Å². The number of halogens is 3. The van der Waals surface area contributed by atoms with E-state index in [0.29, 0.717) is 18.7 Å². The van der Waals surface area contributed by atoms with Gasteiger partial charge in [-0.15, -0.1) is 0 Å². The summed E-state index contributed by atoms with van der Waals surface area (Å²) in [5.74, 6) is -0.344. The fourth-order valence-corrected chi connectivity index (χ4v) is 3.75. The number of aryl methyl sites for hydroxylation is 1. The molecule has 0 aliphatic carbocycles. The van der Waals surface area contributed by atoms with E-state index < -0.39 is 17.8 Å². The molecule has 2 aromatic carbocycles. The molecular weight excluding hydrogens is 385 g/mol. The summed E-state index contributed by atoms with van der Waals surface area (Å²) >= 11 is 0. The van der Waals surface area contributed by atoms with E-state index in [1.807, 2.05) is 25.1 Å². The first-order valence-corrected chi connectivity index (χ1v) is 9.26. The molecule has 0 aromatic heterocycles. The molecule has 0 unspecified atom stereocenters. The zero-order valence-corrected chi connectivity index (χ0v) is 15.7. The van der Waals surface area contributed by atoms with E-state index in [9.17, 15) is 22.8 Å². The third-order valence-electron chi connectivity index (χ3n) is 5.30. The zero-order chi connectivity index (χ0) is 20.8. The van der Waals surface area contributed by atoms with Crippen LogP contribution in [-0.4, -0.2) is 36.1 Å². The largest absolute Gasteiger partial charge is 0.447 e. The highest BCUT2D eigenvalue weighted by Gasteiger charge is 2.38. The second-order valence-corrected chi connectivity index (χ2v) is 7.32. The molecule has 2 aliphatic heterocycles. The number of carbonyl (C=O) groups is 2.